The molecule has 1 aliphatic heterocycles. The number of nitrogens with zero attached hydrogens (tertiary/aromatic N) is 5. The van der Waals surface area contributed by atoms with Gasteiger partial charge in [0.1, 0.15) is 55.6 Å². The van der Waals surface area contributed by atoms with Gasteiger partial charge in [0, 0.05) is 35.9 Å². The zero-order chi connectivity index (χ0) is 36.5. The maximum atomic E-state index is 13.7. The highest BCUT2D eigenvalue weighted by Crippen LogP contribution is 2.51. The molecule has 1 aromatic carbocycles. The number of hydrogen-bond donors (Lipinski definition) is 0. The number of benzene rings is 1. The fourth-order valence-corrected chi connectivity index (χ4v) is 8.28. The number of carbonyl (C=O) groups excluding carboxylic acids is 2. The normalized spacial score (nSPS) is 17.2. The lowest BCUT2D eigenvalue weighted by Crippen LogP contribution is -2.47. The number of rotatable bonds is 10. The van der Waals surface area contributed by atoms with Gasteiger partial charge in [-0.25, -0.2) is 29.5 Å². The van der Waals surface area contributed by atoms with E-state index in [0.29, 0.717) is 43.4 Å². The lowest BCUT2D eigenvalue weighted by Gasteiger charge is -2.34. The molecular formula is C36H39N5O7S3. The van der Waals surface area contributed by atoms with E-state index in [9.17, 15) is 9.59 Å². The molecule has 1 saturated heterocycles. The molecule has 15 heteroatoms. The summed E-state index contributed by atoms with van der Waals surface area (Å²) in [5, 5.41) is 7.43. The molecule has 0 N–H and O–H groups in total. The van der Waals surface area contributed by atoms with Crippen molar-refractivity contribution < 1.29 is 33.3 Å². The van der Waals surface area contributed by atoms with Gasteiger partial charge >= 0.3 is 12.1 Å². The van der Waals surface area contributed by atoms with E-state index < -0.39 is 41.8 Å². The summed E-state index contributed by atoms with van der Waals surface area (Å²) in [6.07, 6.45) is -1.67. The van der Waals surface area contributed by atoms with Crippen molar-refractivity contribution in [2.45, 2.75) is 71.3 Å². The molecule has 268 valence electrons. The summed E-state index contributed by atoms with van der Waals surface area (Å²) < 4.78 is 28.6. The van der Waals surface area contributed by atoms with Crippen LogP contribution in [-0.2, 0) is 23.7 Å². The zero-order valence-electron chi connectivity index (χ0n) is 29.5. The van der Waals surface area contributed by atoms with Crippen LogP contribution in [0, 0.1) is 0 Å². The van der Waals surface area contributed by atoms with Crippen LogP contribution in [0.25, 0.3) is 32.7 Å². The molecule has 4 aromatic heterocycles. The summed E-state index contributed by atoms with van der Waals surface area (Å²) in [6, 6.07) is 12.9. The molecule has 51 heavy (non-hydrogen) atoms. The van der Waals surface area contributed by atoms with Crippen LogP contribution >= 0.6 is 34.0 Å². The summed E-state index contributed by atoms with van der Waals surface area (Å²) >= 11 is 4.16. The second-order valence-electron chi connectivity index (χ2n) is 13.0. The molecule has 1 aliphatic rings. The van der Waals surface area contributed by atoms with Gasteiger partial charge < -0.3 is 23.7 Å². The van der Waals surface area contributed by atoms with Crippen molar-refractivity contribution in [3.63, 3.8) is 0 Å². The summed E-state index contributed by atoms with van der Waals surface area (Å²) in [6.45, 7) is 11.3. The van der Waals surface area contributed by atoms with Gasteiger partial charge in [0.25, 0.3) is 0 Å². The Morgan fingerprint density at radius 3 is 2.29 bits per heavy atom. The van der Waals surface area contributed by atoms with Gasteiger partial charge in [-0.05, 0) is 59.2 Å². The summed E-state index contributed by atoms with van der Waals surface area (Å²) in [5.74, 6) is -0.490. The van der Waals surface area contributed by atoms with E-state index >= 15 is 0 Å². The topological polar surface area (TPSA) is 135 Å². The third-order valence-corrected chi connectivity index (χ3v) is 10.5. The van der Waals surface area contributed by atoms with Gasteiger partial charge in [0.15, 0.2) is 5.69 Å². The SMILES string of the molecule is CCOC(=O)c1csc(-c2ccc(C(OC)OC)nc2-c2csc(-c3csc(C4C(c5ccccc5)OC(C)(C)N4C(=O)OC(C)(C)C)n3)n2)n1. The van der Waals surface area contributed by atoms with Gasteiger partial charge in [-0.2, -0.15) is 0 Å². The largest absolute Gasteiger partial charge is 0.461 e. The zero-order valence-corrected chi connectivity index (χ0v) is 32.0. The first-order valence-corrected chi connectivity index (χ1v) is 18.8. The van der Waals surface area contributed by atoms with E-state index in [4.69, 9.17) is 38.6 Å². The number of hydrogen-bond acceptors (Lipinski definition) is 14. The average molecular weight is 750 g/mol. The first-order valence-electron chi connectivity index (χ1n) is 16.2. The Kier molecular flexibility index (Phi) is 10.7. The monoisotopic (exact) mass is 749 g/mol. The number of thiazole rings is 3. The molecule has 12 nitrogen and oxygen atoms in total. The molecule has 0 aliphatic carbocycles. The van der Waals surface area contributed by atoms with Crippen LogP contribution in [0.4, 0.5) is 4.79 Å². The van der Waals surface area contributed by atoms with Crippen LogP contribution in [0.15, 0.2) is 58.6 Å². The fourth-order valence-electron chi connectivity index (χ4n) is 5.71. The summed E-state index contributed by atoms with van der Waals surface area (Å²) in [4.78, 5) is 47.3. The number of pyridine rings is 1. The maximum Gasteiger partial charge on any atom is 0.413 e. The molecule has 5 aromatic rings. The maximum absolute atomic E-state index is 13.7. The van der Waals surface area contributed by atoms with Gasteiger partial charge in [-0.1, -0.05) is 30.3 Å². The van der Waals surface area contributed by atoms with Crippen LogP contribution in [0.3, 0.4) is 0 Å². The van der Waals surface area contributed by atoms with Crippen LogP contribution in [0.5, 0.6) is 0 Å². The number of methoxy groups -OCH3 is 2. The van der Waals surface area contributed by atoms with Crippen molar-refractivity contribution in [2.24, 2.45) is 0 Å². The third-order valence-electron chi connectivity index (χ3n) is 7.83. The van der Waals surface area contributed by atoms with Crippen LogP contribution < -0.4 is 0 Å². The van der Waals surface area contributed by atoms with E-state index in [2.05, 4.69) is 4.98 Å². The van der Waals surface area contributed by atoms with Crippen LogP contribution in [0.2, 0.25) is 0 Å². The summed E-state index contributed by atoms with van der Waals surface area (Å²) in [5.41, 5.74) is 2.47. The highest BCUT2D eigenvalue weighted by atomic mass is 32.1. The van der Waals surface area contributed by atoms with E-state index in [1.165, 1.54) is 34.0 Å². The van der Waals surface area contributed by atoms with E-state index in [1.54, 1.807) is 37.5 Å². The van der Waals surface area contributed by atoms with Crippen LogP contribution in [0.1, 0.15) is 86.7 Å². The molecule has 0 saturated carbocycles. The number of aromatic nitrogens is 4. The third kappa shape index (κ3) is 7.73. The minimum atomic E-state index is -0.980. The number of ether oxygens (including phenoxy) is 5. The first kappa shape index (κ1) is 36.7. The first-order chi connectivity index (χ1) is 24.3. The van der Waals surface area contributed by atoms with Crippen molar-refractivity contribution in [1.29, 1.82) is 0 Å². The van der Waals surface area contributed by atoms with Crippen molar-refractivity contribution >= 4 is 46.1 Å². The molecule has 0 radical (unpaired) electrons. The van der Waals surface area contributed by atoms with Crippen molar-refractivity contribution in [3.05, 3.63) is 80.6 Å². The molecule has 0 bridgehead atoms. The minimum Gasteiger partial charge on any atom is -0.461 e. The molecule has 6 rings (SSSR count). The van der Waals surface area contributed by atoms with Gasteiger partial charge in [-0.3, -0.25) is 4.90 Å². The number of amides is 1. The molecular weight excluding hydrogens is 711 g/mol. The highest BCUT2D eigenvalue weighted by Gasteiger charge is 2.53. The Morgan fingerprint density at radius 1 is 0.902 bits per heavy atom. The predicted molar refractivity (Wildman–Crippen MR) is 195 cm³/mol. The quantitative estimate of drug-likeness (QED) is 0.100. The number of esters is 1. The average Bonchev–Trinajstić information content (AvgIpc) is 3.90. The molecule has 1 fully saturated rings. The Balaban J connectivity index is 1.39. The predicted octanol–water partition coefficient (Wildman–Crippen LogP) is 8.71. The molecule has 0 spiro atoms. The fraction of sp³-hybridized carbons (Fsp3) is 0.389. The molecule has 1 amide bonds. The van der Waals surface area contributed by atoms with Gasteiger partial charge in [0.2, 0.25) is 6.29 Å². The van der Waals surface area contributed by atoms with Gasteiger partial charge in [0.05, 0.1) is 12.3 Å². The lowest BCUT2D eigenvalue weighted by molar-refractivity contribution is -0.108. The van der Waals surface area contributed by atoms with Crippen molar-refractivity contribution in [1.82, 2.24) is 24.8 Å². The smallest absolute Gasteiger partial charge is 0.413 e. The Labute approximate surface area is 308 Å². The minimum absolute atomic E-state index is 0.223. The Bertz CT molecular complexity index is 2000. The molecule has 5 heterocycles. The Morgan fingerprint density at radius 2 is 1.61 bits per heavy atom. The second-order valence-corrected chi connectivity index (χ2v) is 15.6. The lowest BCUT2D eigenvalue weighted by atomic mass is 10.0. The van der Waals surface area contributed by atoms with E-state index in [1.807, 2.05) is 81.8 Å². The van der Waals surface area contributed by atoms with Crippen molar-refractivity contribution in [3.8, 4) is 32.7 Å². The molecule has 2 atom stereocenters. The van der Waals surface area contributed by atoms with Gasteiger partial charge in [-0.15, -0.1) is 34.0 Å². The Hall–Kier alpha value is -4.12. The summed E-state index contributed by atoms with van der Waals surface area (Å²) in [7, 11) is 3.08. The van der Waals surface area contributed by atoms with E-state index in [-0.39, 0.29) is 12.3 Å². The van der Waals surface area contributed by atoms with Crippen molar-refractivity contribution in [2.75, 3.05) is 20.8 Å². The standard InChI is InChI=1S/C36H39N5O7S3/c1-9-46-32(42)25-19-49-29(40-25)21-15-16-22(33(44-7)45-8)37-26(21)23-17-50-30(38-23)24-18-51-31(39-24)27-28(20-13-11-10-12-14-20)47-36(5,6)41(27)34(43)48-35(2,3)4/h10-19,27-28,33H,9H2,1-8H3. The molecule has 2 unspecified atom stereocenters. The van der Waals surface area contributed by atoms with Crippen LogP contribution in [-0.4, -0.2) is 69.1 Å². The number of carbonyl (C=O) groups is 2. The van der Waals surface area contributed by atoms with E-state index in [0.717, 1.165) is 5.56 Å². The second kappa shape index (κ2) is 14.9. The highest BCUT2D eigenvalue weighted by molar-refractivity contribution is 7.14.